The number of hydrogen-bond donors (Lipinski definition) is 3. The van der Waals surface area contributed by atoms with Crippen LogP contribution < -0.4 is 11.1 Å². The quantitative estimate of drug-likeness (QED) is 0.737. The Hall–Kier alpha value is -2.14. The third kappa shape index (κ3) is 3.93. The predicted molar refractivity (Wildman–Crippen MR) is 85.2 cm³/mol. The molecule has 1 heterocycles. The number of aromatic nitrogens is 1. The predicted octanol–water partition coefficient (Wildman–Crippen LogP) is 2.38. The smallest absolute Gasteiger partial charge is 0.126 e. The fraction of sp³-hybridized carbons (Fsp3) is 0.200. The lowest BCUT2D eigenvalue weighted by atomic mass is 10.1. The Balaban J connectivity index is 1.97. The average Bonchev–Trinajstić information content (AvgIpc) is 2.40. The van der Waals surface area contributed by atoms with Gasteiger partial charge in [-0.25, -0.2) is 4.98 Å². The fourth-order valence-corrected chi connectivity index (χ4v) is 2.02. The average molecular weight is 287 g/mol. The number of phenols is 1. The van der Waals surface area contributed by atoms with Crippen LogP contribution in [0.4, 0.5) is 5.82 Å². The number of pyridine rings is 1. The van der Waals surface area contributed by atoms with E-state index in [-0.39, 0.29) is 5.75 Å². The zero-order chi connectivity index (χ0) is 14.5. The molecule has 0 fully saturated rings. The maximum atomic E-state index is 9.22. The highest BCUT2D eigenvalue weighted by molar-refractivity contribution is 7.80. The zero-order valence-corrected chi connectivity index (χ0v) is 12.1. The van der Waals surface area contributed by atoms with E-state index < -0.39 is 0 Å². The number of benzene rings is 1. The monoisotopic (exact) mass is 287 g/mol. The summed E-state index contributed by atoms with van der Waals surface area (Å²) < 4.78 is 0. The highest BCUT2D eigenvalue weighted by atomic mass is 32.1. The second-order valence-electron chi connectivity index (χ2n) is 4.59. The van der Waals surface area contributed by atoms with Crippen molar-refractivity contribution in [2.24, 2.45) is 5.73 Å². The van der Waals surface area contributed by atoms with Gasteiger partial charge >= 0.3 is 0 Å². The topological polar surface area (TPSA) is 71.2 Å². The van der Waals surface area contributed by atoms with Crippen LogP contribution >= 0.6 is 12.2 Å². The normalized spacial score (nSPS) is 10.2. The van der Waals surface area contributed by atoms with Crippen molar-refractivity contribution in [3.05, 3.63) is 53.2 Å². The van der Waals surface area contributed by atoms with Crippen LogP contribution in [0.15, 0.2) is 36.4 Å². The minimum atomic E-state index is 0.281. The van der Waals surface area contributed by atoms with Gasteiger partial charge < -0.3 is 16.2 Å². The Morgan fingerprint density at radius 3 is 2.65 bits per heavy atom. The molecule has 20 heavy (non-hydrogen) atoms. The van der Waals surface area contributed by atoms with Crippen molar-refractivity contribution in [2.75, 3.05) is 11.9 Å². The summed E-state index contributed by atoms with van der Waals surface area (Å²) in [6, 6.07) is 10.9. The maximum absolute atomic E-state index is 9.22. The molecule has 0 saturated heterocycles. The van der Waals surface area contributed by atoms with Crippen LogP contribution in [-0.2, 0) is 6.42 Å². The summed E-state index contributed by atoms with van der Waals surface area (Å²) in [6.45, 7) is 2.66. The number of hydrogen-bond acceptors (Lipinski definition) is 4. The van der Waals surface area contributed by atoms with Gasteiger partial charge in [0.05, 0.1) is 0 Å². The van der Waals surface area contributed by atoms with E-state index in [1.54, 1.807) is 12.1 Å². The number of nitrogens with two attached hydrogens (primary N) is 1. The molecule has 0 aliphatic rings. The van der Waals surface area contributed by atoms with Gasteiger partial charge in [0.1, 0.15) is 16.6 Å². The molecule has 0 bridgehead atoms. The lowest BCUT2D eigenvalue weighted by Crippen LogP contribution is -2.12. The summed E-state index contributed by atoms with van der Waals surface area (Å²) in [5, 5.41) is 12.5. The van der Waals surface area contributed by atoms with Crippen molar-refractivity contribution in [2.45, 2.75) is 13.3 Å². The molecule has 5 heteroatoms. The molecule has 1 aromatic carbocycles. The van der Waals surface area contributed by atoms with Crippen LogP contribution in [-0.4, -0.2) is 21.6 Å². The van der Waals surface area contributed by atoms with E-state index in [0.29, 0.717) is 4.99 Å². The maximum Gasteiger partial charge on any atom is 0.126 e. The minimum Gasteiger partial charge on any atom is -0.508 e. The van der Waals surface area contributed by atoms with Gasteiger partial charge in [-0.2, -0.15) is 0 Å². The third-order valence-electron chi connectivity index (χ3n) is 2.89. The number of aryl methyl sites for hydroxylation is 1. The van der Waals surface area contributed by atoms with E-state index in [9.17, 15) is 5.11 Å². The molecule has 0 aliphatic heterocycles. The van der Waals surface area contributed by atoms with Crippen molar-refractivity contribution in [3.8, 4) is 5.75 Å². The summed E-state index contributed by atoms with van der Waals surface area (Å²) in [4.78, 5) is 4.77. The SMILES string of the molecule is Cc1cc(C(N)=S)cc(NCCc2ccc(O)cc2)n1. The highest BCUT2D eigenvalue weighted by Crippen LogP contribution is 2.12. The van der Waals surface area contributed by atoms with Gasteiger partial charge in [-0.3, -0.25) is 0 Å². The van der Waals surface area contributed by atoms with Crippen molar-refractivity contribution in [1.29, 1.82) is 0 Å². The molecule has 2 rings (SSSR count). The molecule has 0 unspecified atom stereocenters. The van der Waals surface area contributed by atoms with Gasteiger partial charge in [0.15, 0.2) is 0 Å². The molecular weight excluding hydrogens is 270 g/mol. The minimum absolute atomic E-state index is 0.281. The van der Waals surface area contributed by atoms with Gasteiger partial charge in [0.2, 0.25) is 0 Å². The van der Waals surface area contributed by atoms with Crippen molar-refractivity contribution < 1.29 is 5.11 Å². The van der Waals surface area contributed by atoms with Gasteiger partial charge in [-0.05, 0) is 43.2 Å². The van der Waals surface area contributed by atoms with Gasteiger partial charge in [-0.15, -0.1) is 0 Å². The second kappa shape index (κ2) is 6.34. The van der Waals surface area contributed by atoms with E-state index in [1.807, 2.05) is 31.2 Å². The van der Waals surface area contributed by atoms with Crippen molar-refractivity contribution >= 4 is 23.0 Å². The number of anilines is 1. The van der Waals surface area contributed by atoms with Crippen LogP contribution in [0.25, 0.3) is 0 Å². The molecule has 0 atom stereocenters. The highest BCUT2D eigenvalue weighted by Gasteiger charge is 2.02. The van der Waals surface area contributed by atoms with Gasteiger partial charge in [-0.1, -0.05) is 24.4 Å². The van der Waals surface area contributed by atoms with E-state index in [2.05, 4.69) is 10.3 Å². The molecule has 2 aromatic rings. The Bertz CT molecular complexity index is 611. The number of nitrogens with zero attached hydrogens (tertiary/aromatic N) is 1. The summed E-state index contributed by atoms with van der Waals surface area (Å²) in [7, 11) is 0. The molecular formula is C15H17N3OS. The Kier molecular flexibility index (Phi) is 4.53. The molecule has 0 spiro atoms. The van der Waals surface area contributed by atoms with Crippen LogP contribution in [0, 0.1) is 6.92 Å². The molecule has 104 valence electrons. The summed E-state index contributed by atoms with van der Waals surface area (Å²) in [6.07, 6.45) is 0.846. The lowest BCUT2D eigenvalue weighted by Gasteiger charge is -2.09. The van der Waals surface area contributed by atoms with E-state index in [0.717, 1.165) is 35.6 Å². The van der Waals surface area contributed by atoms with E-state index in [4.69, 9.17) is 18.0 Å². The largest absolute Gasteiger partial charge is 0.508 e. The summed E-state index contributed by atoms with van der Waals surface area (Å²) in [5.41, 5.74) is 8.48. The van der Waals surface area contributed by atoms with Crippen LogP contribution in [0.2, 0.25) is 0 Å². The Labute approximate surface area is 123 Å². The summed E-state index contributed by atoms with van der Waals surface area (Å²) in [5.74, 6) is 1.05. The first-order valence-electron chi connectivity index (χ1n) is 6.35. The standard InChI is InChI=1S/C15H17N3OS/c1-10-8-12(15(16)20)9-14(18-10)17-7-6-11-2-4-13(19)5-3-11/h2-5,8-9,19H,6-7H2,1H3,(H2,16,20)(H,17,18). The molecule has 4 nitrogen and oxygen atoms in total. The van der Waals surface area contributed by atoms with Gasteiger partial charge in [0, 0.05) is 17.8 Å². The molecule has 0 saturated carbocycles. The Morgan fingerprint density at radius 1 is 1.30 bits per heavy atom. The van der Waals surface area contributed by atoms with E-state index in [1.165, 1.54) is 0 Å². The summed E-state index contributed by atoms with van der Waals surface area (Å²) >= 11 is 4.98. The van der Waals surface area contributed by atoms with Crippen molar-refractivity contribution in [3.63, 3.8) is 0 Å². The number of rotatable bonds is 5. The van der Waals surface area contributed by atoms with Crippen LogP contribution in [0.3, 0.4) is 0 Å². The zero-order valence-electron chi connectivity index (χ0n) is 11.3. The molecule has 0 amide bonds. The third-order valence-corrected chi connectivity index (χ3v) is 3.13. The number of thiocarbonyl (C=S) groups is 1. The molecule has 4 N–H and O–H groups in total. The fourth-order valence-electron chi connectivity index (χ4n) is 1.90. The van der Waals surface area contributed by atoms with E-state index >= 15 is 0 Å². The van der Waals surface area contributed by atoms with Gasteiger partial charge in [0.25, 0.3) is 0 Å². The number of nitrogens with one attached hydrogen (secondary N) is 1. The molecule has 0 aliphatic carbocycles. The Morgan fingerprint density at radius 2 is 2.00 bits per heavy atom. The first-order valence-corrected chi connectivity index (χ1v) is 6.76. The first kappa shape index (κ1) is 14.3. The second-order valence-corrected chi connectivity index (χ2v) is 5.03. The molecule has 1 aromatic heterocycles. The van der Waals surface area contributed by atoms with Crippen LogP contribution in [0.5, 0.6) is 5.75 Å². The van der Waals surface area contributed by atoms with Crippen LogP contribution in [0.1, 0.15) is 16.8 Å². The van der Waals surface area contributed by atoms with Crippen molar-refractivity contribution in [1.82, 2.24) is 4.98 Å². The molecule has 0 radical (unpaired) electrons. The lowest BCUT2D eigenvalue weighted by molar-refractivity contribution is 0.475. The number of phenolic OH excluding ortho intramolecular Hbond substituents is 1. The number of aromatic hydroxyl groups is 1. The first-order chi connectivity index (χ1) is 9.54.